The van der Waals surface area contributed by atoms with Gasteiger partial charge in [0.25, 0.3) is 0 Å². The lowest BCUT2D eigenvalue weighted by atomic mass is 9.84. The van der Waals surface area contributed by atoms with Gasteiger partial charge in [-0.25, -0.2) is 9.37 Å². The summed E-state index contributed by atoms with van der Waals surface area (Å²) >= 11 is 3.07. The molecule has 1 aliphatic rings. The van der Waals surface area contributed by atoms with Gasteiger partial charge in [-0.2, -0.15) is 0 Å². The number of nitrogens with zero attached hydrogens (tertiary/aromatic N) is 2. The second kappa shape index (κ2) is 4.63. The van der Waals surface area contributed by atoms with E-state index in [0.717, 1.165) is 13.1 Å². The van der Waals surface area contributed by atoms with Crippen molar-refractivity contribution in [2.45, 2.75) is 26.0 Å². The monoisotopic (exact) mass is 302 g/mol. The molecule has 2 heterocycles. The standard InChI is InChI=1S/C12H16BrFN2O/c1-12(2,17)9-6-16(7-9)5-8-3-4-15-11(13)10(8)14/h3-4,9,17H,5-7H2,1-2H3. The average Bonchev–Trinajstić information content (AvgIpc) is 2.15. The molecule has 1 saturated heterocycles. The highest BCUT2D eigenvalue weighted by Crippen LogP contribution is 2.29. The maximum atomic E-state index is 13.7. The molecule has 1 aromatic heterocycles. The van der Waals surface area contributed by atoms with Gasteiger partial charge in [0.2, 0.25) is 0 Å². The zero-order valence-electron chi connectivity index (χ0n) is 9.95. The lowest BCUT2D eigenvalue weighted by Gasteiger charge is -2.45. The fourth-order valence-electron chi connectivity index (χ4n) is 1.96. The molecular formula is C12H16BrFN2O. The number of aromatic nitrogens is 1. The summed E-state index contributed by atoms with van der Waals surface area (Å²) in [7, 11) is 0. The molecule has 0 aliphatic carbocycles. The lowest BCUT2D eigenvalue weighted by Crippen LogP contribution is -2.55. The summed E-state index contributed by atoms with van der Waals surface area (Å²) in [5.41, 5.74) is -0.00509. The number of rotatable bonds is 3. The Morgan fingerprint density at radius 2 is 2.24 bits per heavy atom. The summed E-state index contributed by atoms with van der Waals surface area (Å²) in [4.78, 5) is 5.95. The first-order valence-corrected chi connectivity index (χ1v) is 6.41. The zero-order valence-corrected chi connectivity index (χ0v) is 11.5. The molecule has 1 N–H and O–H groups in total. The van der Waals surface area contributed by atoms with Crippen molar-refractivity contribution in [3.05, 3.63) is 28.2 Å². The van der Waals surface area contributed by atoms with E-state index in [-0.39, 0.29) is 16.3 Å². The van der Waals surface area contributed by atoms with Gasteiger partial charge in [0.1, 0.15) is 4.60 Å². The van der Waals surface area contributed by atoms with Crippen LogP contribution in [0.2, 0.25) is 0 Å². The van der Waals surface area contributed by atoms with Gasteiger partial charge in [-0.1, -0.05) is 0 Å². The van der Waals surface area contributed by atoms with Crippen LogP contribution in [0, 0.1) is 11.7 Å². The Labute approximate surface area is 109 Å². The van der Waals surface area contributed by atoms with E-state index in [9.17, 15) is 9.50 Å². The van der Waals surface area contributed by atoms with Gasteiger partial charge >= 0.3 is 0 Å². The molecule has 0 saturated carbocycles. The van der Waals surface area contributed by atoms with Crippen LogP contribution in [0.1, 0.15) is 19.4 Å². The predicted octanol–water partition coefficient (Wildman–Crippen LogP) is 2.19. The van der Waals surface area contributed by atoms with Crippen molar-refractivity contribution >= 4 is 15.9 Å². The largest absolute Gasteiger partial charge is 0.390 e. The summed E-state index contributed by atoms with van der Waals surface area (Å²) in [5.74, 6) is -0.0185. The maximum absolute atomic E-state index is 13.7. The Hall–Kier alpha value is -0.520. The minimum atomic E-state index is -0.645. The predicted molar refractivity (Wildman–Crippen MR) is 67.0 cm³/mol. The molecule has 0 bridgehead atoms. The van der Waals surface area contributed by atoms with Gasteiger partial charge in [-0.3, -0.25) is 4.90 Å². The SMILES string of the molecule is CC(C)(O)C1CN(Cc2ccnc(Br)c2F)C1. The highest BCUT2D eigenvalue weighted by atomic mass is 79.9. The molecule has 0 aromatic carbocycles. The maximum Gasteiger partial charge on any atom is 0.160 e. The van der Waals surface area contributed by atoms with Crippen molar-refractivity contribution in [1.29, 1.82) is 0 Å². The quantitative estimate of drug-likeness (QED) is 0.870. The van der Waals surface area contributed by atoms with Crippen molar-refractivity contribution in [2.75, 3.05) is 13.1 Å². The molecule has 1 aliphatic heterocycles. The highest BCUT2D eigenvalue weighted by Gasteiger charge is 2.37. The van der Waals surface area contributed by atoms with Gasteiger partial charge < -0.3 is 5.11 Å². The molecule has 0 spiro atoms. The van der Waals surface area contributed by atoms with E-state index in [2.05, 4.69) is 25.8 Å². The molecule has 0 atom stereocenters. The first kappa shape index (κ1) is 12.9. The first-order chi connectivity index (χ1) is 7.88. The van der Waals surface area contributed by atoms with E-state index < -0.39 is 5.60 Å². The molecule has 0 radical (unpaired) electrons. The molecule has 0 unspecified atom stereocenters. The Bertz CT molecular complexity index is 413. The number of hydrogen-bond donors (Lipinski definition) is 1. The summed E-state index contributed by atoms with van der Waals surface area (Å²) in [6, 6.07) is 1.69. The van der Waals surface area contributed by atoms with Gasteiger partial charge in [0, 0.05) is 37.3 Å². The summed E-state index contributed by atoms with van der Waals surface area (Å²) in [6.07, 6.45) is 1.59. The van der Waals surface area contributed by atoms with Crippen molar-refractivity contribution in [3.8, 4) is 0 Å². The van der Waals surface area contributed by atoms with E-state index >= 15 is 0 Å². The Kier molecular flexibility index (Phi) is 3.52. The highest BCUT2D eigenvalue weighted by molar-refractivity contribution is 9.10. The summed E-state index contributed by atoms with van der Waals surface area (Å²) in [5, 5.41) is 9.80. The van der Waals surface area contributed by atoms with Crippen molar-refractivity contribution < 1.29 is 9.50 Å². The molecule has 17 heavy (non-hydrogen) atoms. The molecular weight excluding hydrogens is 287 g/mol. The van der Waals surface area contributed by atoms with Gasteiger partial charge in [-0.15, -0.1) is 0 Å². The van der Waals surface area contributed by atoms with Crippen LogP contribution < -0.4 is 0 Å². The second-order valence-corrected chi connectivity index (χ2v) is 5.87. The number of hydrogen-bond acceptors (Lipinski definition) is 3. The van der Waals surface area contributed by atoms with Crippen LogP contribution in [0.15, 0.2) is 16.9 Å². The van der Waals surface area contributed by atoms with Crippen molar-refractivity contribution in [2.24, 2.45) is 5.92 Å². The number of pyridine rings is 1. The minimum absolute atomic E-state index is 0.259. The summed E-state index contributed by atoms with van der Waals surface area (Å²) < 4.78 is 13.9. The lowest BCUT2D eigenvalue weighted by molar-refractivity contribution is -0.0650. The number of aliphatic hydroxyl groups is 1. The van der Waals surface area contributed by atoms with Crippen LogP contribution >= 0.6 is 15.9 Å². The van der Waals surface area contributed by atoms with Gasteiger partial charge in [0.05, 0.1) is 5.60 Å². The fraction of sp³-hybridized carbons (Fsp3) is 0.583. The number of halogens is 2. The third kappa shape index (κ3) is 2.84. The third-order valence-corrected chi connectivity index (χ3v) is 3.83. The zero-order chi connectivity index (χ0) is 12.6. The van der Waals surface area contributed by atoms with E-state index in [4.69, 9.17) is 0 Å². The first-order valence-electron chi connectivity index (χ1n) is 5.61. The fourth-order valence-corrected chi connectivity index (χ4v) is 2.34. The second-order valence-electron chi connectivity index (χ2n) is 5.12. The number of likely N-dealkylation sites (tertiary alicyclic amines) is 1. The molecule has 1 aromatic rings. The van der Waals surface area contributed by atoms with E-state index in [0.29, 0.717) is 12.1 Å². The molecule has 94 valence electrons. The van der Waals surface area contributed by atoms with E-state index in [1.165, 1.54) is 0 Å². The van der Waals surface area contributed by atoms with Gasteiger partial charge in [0.15, 0.2) is 5.82 Å². The van der Waals surface area contributed by atoms with Crippen LogP contribution in [0.3, 0.4) is 0 Å². The third-order valence-electron chi connectivity index (χ3n) is 3.28. The normalized spacial score (nSPS) is 18.2. The van der Waals surface area contributed by atoms with E-state index in [1.807, 2.05) is 13.8 Å². The topological polar surface area (TPSA) is 36.4 Å². The molecule has 2 rings (SSSR count). The Balaban J connectivity index is 1.94. The van der Waals surface area contributed by atoms with E-state index in [1.54, 1.807) is 12.3 Å². The van der Waals surface area contributed by atoms with Crippen LogP contribution in [-0.2, 0) is 6.54 Å². The molecule has 5 heteroatoms. The summed E-state index contributed by atoms with van der Waals surface area (Å²) in [6.45, 7) is 5.82. The Morgan fingerprint density at radius 3 is 2.82 bits per heavy atom. The van der Waals surface area contributed by atoms with Crippen molar-refractivity contribution in [3.63, 3.8) is 0 Å². The average molecular weight is 303 g/mol. The van der Waals surface area contributed by atoms with Gasteiger partial charge in [-0.05, 0) is 35.8 Å². The molecule has 1 fully saturated rings. The van der Waals surface area contributed by atoms with Crippen molar-refractivity contribution in [1.82, 2.24) is 9.88 Å². The minimum Gasteiger partial charge on any atom is -0.390 e. The van der Waals surface area contributed by atoms with Crippen LogP contribution in [-0.4, -0.2) is 33.7 Å². The smallest absolute Gasteiger partial charge is 0.160 e. The molecule has 0 amide bonds. The van der Waals surface area contributed by atoms with Crippen LogP contribution in [0.25, 0.3) is 0 Å². The molecule has 3 nitrogen and oxygen atoms in total. The van der Waals surface area contributed by atoms with Crippen LogP contribution in [0.5, 0.6) is 0 Å². The van der Waals surface area contributed by atoms with Crippen LogP contribution in [0.4, 0.5) is 4.39 Å². The Morgan fingerprint density at radius 1 is 1.59 bits per heavy atom.